The second kappa shape index (κ2) is 14.8. The summed E-state index contributed by atoms with van der Waals surface area (Å²) in [5.74, 6) is 3.46. The third-order valence-corrected chi connectivity index (χ3v) is 9.03. The number of hydrogen-bond donors (Lipinski definition) is 2. The fraction of sp³-hybridized carbons (Fsp3) is 0.432. The number of aliphatic hydroxyl groups is 1. The van der Waals surface area contributed by atoms with Crippen LogP contribution in [0.2, 0.25) is 0 Å². The zero-order chi connectivity index (χ0) is 30.9. The SMILES string of the molecule is CCC(C)(C)c1ccc(Nc2ccc(Oc3ccnc4cc(OCCCN5CCC(CCO)CC5)c(OC)cc34)cc2)cc1. The van der Waals surface area contributed by atoms with Crippen molar-refractivity contribution in [3.63, 3.8) is 0 Å². The second-order valence-corrected chi connectivity index (χ2v) is 12.4. The monoisotopic (exact) mass is 597 g/mol. The lowest BCUT2D eigenvalue weighted by atomic mass is 9.82. The smallest absolute Gasteiger partial charge is 0.163 e. The standard InChI is InChI=1S/C37H47N3O4/c1-5-37(2,3)28-7-9-29(10-8-28)39-30-11-13-31(14-12-30)44-34-15-19-38-33-26-36(35(42-4)25-32(33)34)43-24-6-20-40-21-16-27(17-22-40)18-23-41/h7-15,19,25-27,39,41H,5-6,16-18,20-24H2,1-4H3. The summed E-state index contributed by atoms with van der Waals surface area (Å²) in [5.41, 5.74) is 4.35. The van der Waals surface area contributed by atoms with Crippen LogP contribution in [0, 0.1) is 5.92 Å². The lowest BCUT2D eigenvalue weighted by molar-refractivity contribution is 0.150. The summed E-state index contributed by atoms with van der Waals surface area (Å²) in [6.45, 7) is 10.9. The number of hydrogen-bond acceptors (Lipinski definition) is 7. The van der Waals surface area contributed by atoms with Gasteiger partial charge in [-0.25, -0.2) is 0 Å². The quantitative estimate of drug-likeness (QED) is 0.142. The molecule has 1 aliphatic heterocycles. The fourth-order valence-corrected chi connectivity index (χ4v) is 5.75. The highest BCUT2D eigenvalue weighted by atomic mass is 16.5. The Balaban J connectivity index is 1.18. The van der Waals surface area contributed by atoms with E-state index in [1.165, 1.54) is 18.4 Å². The minimum Gasteiger partial charge on any atom is -0.493 e. The predicted octanol–water partition coefficient (Wildman–Crippen LogP) is 8.33. The number of benzene rings is 3. The second-order valence-electron chi connectivity index (χ2n) is 12.4. The largest absolute Gasteiger partial charge is 0.493 e. The Morgan fingerprint density at radius 3 is 2.30 bits per heavy atom. The number of nitrogens with zero attached hydrogens (tertiary/aromatic N) is 2. The lowest BCUT2D eigenvalue weighted by Gasteiger charge is -2.31. The number of aromatic nitrogens is 1. The Morgan fingerprint density at radius 1 is 0.932 bits per heavy atom. The molecule has 0 spiro atoms. The Hall–Kier alpha value is -3.81. The highest BCUT2D eigenvalue weighted by Gasteiger charge is 2.19. The molecule has 0 aliphatic carbocycles. The van der Waals surface area contributed by atoms with Gasteiger partial charge in [-0.2, -0.15) is 0 Å². The van der Waals surface area contributed by atoms with Crippen molar-refractivity contribution in [2.24, 2.45) is 5.92 Å². The normalized spacial score (nSPS) is 14.5. The molecule has 44 heavy (non-hydrogen) atoms. The van der Waals surface area contributed by atoms with Crippen molar-refractivity contribution in [2.75, 3.05) is 45.3 Å². The number of rotatable bonds is 14. The van der Waals surface area contributed by atoms with Crippen LogP contribution >= 0.6 is 0 Å². The average molecular weight is 598 g/mol. The van der Waals surface area contributed by atoms with Gasteiger partial charge < -0.3 is 29.5 Å². The summed E-state index contributed by atoms with van der Waals surface area (Å²) in [5, 5.41) is 13.5. The summed E-state index contributed by atoms with van der Waals surface area (Å²) >= 11 is 0. The van der Waals surface area contributed by atoms with Crippen molar-refractivity contribution in [3.05, 3.63) is 78.5 Å². The van der Waals surface area contributed by atoms with Gasteiger partial charge in [0.2, 0.25) is 0 Å². The summed E-state index contributed by atoms with van der Waals surface area (Å²) in [6.07, 6.45) is 7.07. The Morgan fingerprint density at radius 2 is 1.64 bits per heavy atom. The number of pyridine rings is 1. The van der Waals surface area contributed by atoms with E-state index in [4.69, 9.17) is 14.2 Å². The number of piperidine rings is 1. The molecular weight excluding hydrogens is 550 g/mol. The molecule has 0 unspecified atom stereocenters. The number of nitrogens with one attached hydrogen (secondary N) is 1. The van der Waals surface area contributed by atoms with Crippen molar-refractivity contribution >= 4 is 22.3 Å². The van der Waals surface area contributed by atoms with Crippen LogP contribution in [0.5, 0.6) is 23.0 Å². The molecule has 1 fully saturated rings. The number of ether oxygens (including phenoxy) is 3. The fourth-order valence-electron chi connectivity index (χ4n) is 5.75. The molecule has 2 N–H and O–H groups in total. The average Bonchev–Trinajstić information content (AvgIpc) is 3.05. The van der Waals surface area contributed by atoms with Crippen LogP contribution < -0.4 is 19.5 Å². The topological polar surface area (TPSA) is 76.1 Å². The van der Waals surface area contributed by atoms with Crippen molar-refractivity contribution in [1.82, 2.24) is 9.88 Å². The highest BCUT2D eigenvalue weighted by Crippen LogP contribution is 2.37. The van der Waals surface area contributed by atoms with Crippen LogP contribution in [-0.2, 0) is 5.41 Å². The molecule has 234 valence electrons. The number of methoxy groups -OCH3 is 1. The van der Waals surface area contributed by atoms with Crippen LogP contribution in [0.3, 0.4) is 0 Å². The van der Waals surface area contributed by atoms with E-state index in [0.29, 0.717) is 36.4 Å². The van der Waals surface area contributed by atoms with E-state index in [9.17, 15) is 5.11 Å². The van der Waals surface area contributed by atoms with Gasteiger partial charge in [-0.05, 0) is 111 Å². The van der Waals surface area contributed by atoms with Crippen molar-refractivity contribution in [1.29, 1.82) is 0 Å². The predicted molar refractivity (Wildman–Crippen MR) is 179 cm³/mol. The zero-order valence-electron chi connectivity index (χ0n) is 26.6. The first-order valence-electron chi connectivity index (χ1n) is 16.0. The maximum atomic E-state index is 9.18. The molecule has 0 radical (unpaired) electrons. The summed E-state index contributed by atoms with van der Waals surface area (Å²) in [4.78, 5) is 7.07. The molecule has 5 rings (SSSR count). The number of fused-ring (bicyclic) bond motifs is 1. The van der Waals surface area contributed by atoms with Crippen LogP contribution in [0.1, 0.15) is 58.4 Å². The van der Waals surface area contributed by atoms with Gasteiger partial charge in [0.25, 0.3) is 0 Å². The van der Waals surface area contributed by atoms with Crippen LogP contribution in [0.15, 0.2) is 72.9 Å². The molecule has 1 saturated heterocycles. The number of likely N-dealkylation sites (tertiary alicyclic amines) is 1. The maximum absolute atomic E-state index is 9.18. The molecule has 2 heterocycles. The van der Waals surface area contributed by atoms with Gasteiger partial charge in [0.1, 0.15) is 11.5 Å². The van der Waals surface area contributed by atoms with Gasteiger partial charge in [-0.3, -0.25) is 4.98 Å². The van der Waals surface area contributed by atoms with E-state index in [1.807, 2.05) is 42.5 Å². The van der Waals surface area contributed by atoms with E-state index in [1.54, 1.807) is 13.3 Å². The molecule has 4 aromatic rings. The van der Waals surface area contributed by atoms with E-state index < -0.39 is 0 Å². The third kappa shape index (κ3) is 8.01. The van der Waals surface area contributed by atoms with Gasteiger partial charge in [-0.1, -0.05) is 32.9 Å². The van der Waals surface area contributed by atoms with E-state index in [0.717, 1.165) is 66.9 Å². The Kier molecular flexibility index (Phi) is 10.6. The zero-order valence-corrected chi connectivity index (χ0v) is 26.6. The number of anilines is 2. The van der Waals surface area contributed by atoms with E-state index in [2.05, 4.69) is 60.2 Å². The van der Waals surface area contributed by atoms with Crippen LogP contribution in [-0.4, -0.2) is 54.9 Å². The van der Waals surface area contributed by atoms with Crippen molar-refractivity contribution < 1.29 is 19.3 Å². The van der Waals surface area contributed by atoms with Gasteiger partial charge in [0, 0.05) is 42.2 Å². The summed E-state index contributed by atoms with van der Waals surface area (Å²) in [6, 6.07) is 22.4. The van der Waals surface area contributed by atoms with E-state index in [-0.39, 0.29) is 5.41 Å². The molecule has 7 heteroatoms. The molecule has 0 atom stereocenters. The molecule has 0 amide bonds. The van der Waals surface area contributed by atoms with Crippen LogP contribution in [0.25, 0.3) is 10.9 Å². The van der Waals surface area contributed by atoms with Gasteiger partial charge in [-0.15, -0.1) is 0 Å². The molecule has 0 bridgehead atoms. The minimum absolute atomic E-state index is 0.173. The summed E-state index contributed by atoms with van der Waals surface area (Å²) < 4.78 is 18.2. The Labute approximate surface area is 262 Å². The first-order valence-corrected chi connectivity index (χ1v) is 16.0. The van der Waals surface area contributed by atoms with E-state index >= 15 is 0 Å². The molecule has 1 aromatic heterocycles. The number of aliphatic hydroxyl groups excluding tert-OH is 1. The lowest BCUT2D eigenvalue weighted by Crippen LogP contribution is -2.35. The van der Waals surface area contributed by atoms with Gasteiger partial charge in [0.05, 0.1) is 19.2 Å². The summed E-state index contributed by atoms with van der Waals surface area (Å²) in [7, 11) is 1.66. The highest BCUT2D eigenvalue weighted by molar-refractivity contribution is 5.88. The molecule has 7 nitrogen and oxygen atoms in total. The Bertz CT molecular complexity index is 1480. The molecular formula is C37H47N3O4. The maximum Gasteiger partial charge on any atom is 0.163 e. The van der Waals surface area contributed by atoms with Crippen molar-refractivity contribution in [2.45, 2.75) is 58.3 Å². The van der Waals surface area contributed by atoms with Gasteiger partial charge in [0.15, 0.2) is 11.5 Å². The first-order chi connectivity index (χ1) is 21.4. The molecule has 3 aromatic carbocycles. The molecule has 0 saturated carbocycles. The third-order valence-electron chi connectivity index (χ3n) is 9.03. The van der Waals surface area contributed by atoms with Crippen molar-refractivity contribution in [3.8, 4) is 23.0 Å². The van der Waals surface area contributed by atoms with Crippen LogP contribution in [0.4, 0.5) is 11.4 Å². The molecule has 1 aliphatic rings. The minimum atomic E-state index is 0.173. The van der Waals surface area contributed by atoms with Gasteiger partial charge >= 0.3 is 0 Å². The first kappa shape index (κ1) is 31.6.